The Kier molecular flexibility index (Phi) is 2.66. The molecule has 1 amide bonds. The molecule has 0 aromatic carbocycles. The van der Waals surface area contributed by atoms with Crippen molar-refractivity contribution >= 4 is 29.5 Å². The third kappa shape index (κ3) is 1.76. The fraction of sp³-hybridized carbons (Fsp3) is 0.800. The van der Waals surface area contributed by atoms with Crippen LogP contribution in [0.25, 0.3) is 0 Å². The monoisotopic (exact) mass is 165 g/mol. The van der Waals surface area contributed by atoms with Crippen LogP contribution in [0.4, 0.5) is 0 Å². The molecule has 0 bridgehead atoms. The molecular formula is C5H8ClNOS. The highest BCUT2D eigenvalue weighted by molar-refractivity contribution is 7.97. The van der Waals surface area contributed by atoms with Gasteiger partial charge in [0, 0.05) is 12.3 Å². The van der Waals surface area contributed by atoms with Gasteiger partial charge in [0.25, 0.3) is 0 Å². The van der Waals surface area contributed by atoms with Crippen LogP contribution in [0.3, 0.4) is 0 Å². The van der Waals surface area contributed by atoms with Crippen molar-refractivity contribution in [3.05, 3.63) is 0 Å². The molecule has 0 N–H and O–H groups in total. The molecule has 9 heavy (non-hydrogen) atoms. The SMILES string of the molecule is O=C(CCl)N1CCCS1. The molecule has 1 fully saturated rings. The van der Waals surface area contributed by atoms with Crippen molar-refractivity contribution in [3.63, 3.8) is 0 Å². The summed E-state index contributed by atoms with van der Waals surface area (Å²) >= 11 is 6.90. The molecular weight excluding hydrogens is 158 g/mol. The Morgan fingerprint density at radius 2 is 2.56 bits per heavy atom. The summed E-state index contributed by atoms with van der Waals surface area (Å²) in [5.74, 6) is 1.22. The summed E-state index contributed by atoms with van der Waals surface area (Å²) < 4.78 is 1.73. The van der Waals surface area contributed by atoms with Gasteiger partial charge in [-0.25, -0.2) is 0 Å². The minimum Gasteiger partial charge on any atom is -0.285 e. The minimum absolute atomic E-state index is 0.0409. The second-order valence-electron chi connectivity index (χ2n) is 1.82. The standard InChI is InChI=1S/C5H8ClNOS/c6-4-5(8)7-2-1-3-9-7/h1-4H2. The second-order valence-corrected chi connectivity index (χ2v) is 3.19. The molecule has 1 aliphatic rings. The summed E-state index contributed by atoms with van der Waals surface area (Å²) in [5.41, 5.74) is 0. The van der Waals surface area contributed by atoms with Crippen LogP contribution in [0, 0.1) is 0 Å². The van der Waals surface area contributed by atoms with E-state index in [1.807, 2.05) is 0 Å². The van der Waals surface area contributed by atoms with Crippen molar-refractivity contribution in [2.75, 3.05) is 18.2 Å². The molecule has 2 nitrogen and oxygen atoms in total. The van der Waals surface area contributed by atoms with Gasteiger partial charge < -0.3 is 0 Å². The molecule has 1 rings (SSSR count). The largest absolute Gasteiger partial charge is 0.285 e. The first-order valence-electron chi connectivity index (χ1n) is 2.84. The van der Waals surface area contributed by atoms with Gasteiger partial charge in [0.2, 0.25) is 5.91 Å². The first kappa shape index (κ1) is 7.22. The summed E-state index contributed by atoms with van der Waals surface area (Å²) in [6.45, 7) is 0.871. The van der Waals surface area contributed by atoms with Crippen LogP contribution in [-0.2, 0) is 4.79 Å². The summed E-state index contributed by atoms with van der Waals surface area (Å²) in [4.78, 5) is 10.8. The molecule has 0 unspecified atom stereocenters. The fourth-order valence-corrected chi connectivity index (χ4v) is 1.87. The van der Waals surface area contributed by atoms with Crippen molar-refractivity contribution in [1.82, 2.24) is 4.31 Å². The Morgan fingerprint density at radius 1 is 1.78 bits per heavy atom. The number of carbonyl (C=O) groups excluding carboxylic acids is 1. The van der Waals surface area contributed by atoms with Gasteiger partial charge in [0.05, 0.1) is 0 Å². The van der Waals surface area contributed by atoms with Gasteiger partial charge in [0.1, 0.15) is 5.88 Å². The molecule has 0 aromatic rings. The van der Waals surface area contributed by atoms with E-state index in [0.29, 0.717) is 0 Å². The van der Waals surface area contributed by atoms with Crippen molar-refractivity contribution in [3.8, 4) is 0 Å². The van der Waals surface area contributed by atoms with E-state index >= 15 is 0 Å². The van der Waals surface area contributed by atoms with E-state index in [2.05, 4.69) is 0 Å². The van der Waals surface area contributed by atoms with E-state index in [-0.39, 0.29) is 11.8 Å². The number of hydrogen-bond donors (Lipinski definition) is 0. The number of carbonyl (C=O) groups is 1. The normalized spacial score (nSPS) is 18.6. The zero-order chi connectivity index (χ0) is 6.69. The predicted octanol–water partition coefficient (Wildman–Crippen LogP) is 1.11. The van der Waals surface area contributed by atoms with Gasteiger partial charge in [-0.05, 0) is 18.4 Å². The van der Waals surface area contributed by atoms with Crippen LogP contribution in [0.5, 0.6) is 0 Å². The lowest BCUT2D eigenvalue weighted by Crippen LogP contribution is -2.21. The van der Waals surface area contributed by atoms with Crippen molar-refractivity contribution in [2.45, 2.75) is 6.42 Å². The summed E-state index contributed by atoms with van der Waals surface area (Å²) in [6, 6.07) is 0. The number of nitrogens with zero attached hydrogens (tertiary/aromatic N) is 1. The van der Waals surface area contributed by atoms with Crippen LogP contribution < -0.4 is 0 Å². The molecule has 0 atom stereocenters. The zero-order valence-electron chi connectivity index (χ0n) is 4.97. The van der Waals surface area contributed by atoms with Crippen molar-refractivity contribution in [2.24, 2.45) is 0 Å². The maximum absolute atomic E-state index is 10.8. The number of amides is 1. The average molecular weight is 166 g/mol. The average Bonchev–Trinajstić information content (AvgIpc) is 2.37. The van der Waals surface area contributed by atoms with Crippen LogP contribution in [0.15, 0.2) is 0 Å². The highest BCUT2D eigenvalue weighted by atomic mass is 35.5. The number of rotatable bonds is 1. The fourth-order valence-electron chi connectivity index (χ4n) is 0.711. The van der Waals surface area contributed by atoms with E-state index in [9.17, 15) is 4.79 Å². The van der Waals surface area contributed by atoms with Gasteiger partial charge in [0.15, 0.2) is 0 Å². The van der Waals surface area contributed by atoms with Crippen molar-refractivity contribution in [1.29, 1.82) is 0 Å². The Bertz CT molecular complexity index is 114. The molecule has 4 heteroatoms. The maximum atomic E-state index is 10.8. The topological polar surface area (TPSA) is 20.3 Å². The van der Waals surface area contributed by atoms with Crippen LogP contribution >= 0.6 is 23.5 Å². The molecule has 0 aromatic heterocycles. The van der Waals surface area contributed by atoms with Crippen molar-refractivity contribution < 1.29 is 4.79 Å². The molecule has 1 saturated heterocycles. The number of halogens is 1. The first-order chi connectivity index (χ1) is 4.34. The molecule has 1 heterocycles. The van der Waals surface area contributed by atoms with E-state index in [0.717, 1.165) is 18.7 Å². The summed E-state index contributed by atoms with van der Waals surface area (Å²) in [5, 5.41) is 0. The molecule has 52 valence electrons. The zero-order valence-corrected chi connectivity index (χ0v) is 6.54. The Balaban J connectivity index is 2.32. The second kappa shape index (κ2) is 3.32. The van der Waals surface area contributed by atoms with Crippen LogP contribution in [0.2, 0.25) is 0 Å². The quantitative estimate of drug-likeness (QED) is 0.429. The number of hydrogen-bond acceptors (Lipinski definition) is 2. The van der Waals surface area contributed by atoms with Gasteiger partial charge in [-0.15, -0.1) is 11.6 Å². The van der Waals surface area contributed by atoms with E-state index in [4.69, 9.17) is 11.6 Å². The first-order valence-corrected chi connectivity index (χ1v) is 4.31. The Labute approximate surface area is 63.7 Å². The molecule has 0 aliphatic carbocycles. The summed E-state index contributed by atoms with van der Waals surface area (Å²) in [7, 11) is 0. The minimum atomic E-state index is 0.0409. The van der Waals surface area contributed by atoms with E-state index in [1.165, 1.54) is 0 Å². The van der Waals surface area contributed by atoms with Crippen LogP contribution in [-0.4, -0.2) is 28.4 Å². The van der Waals surface area contributed by atoms with Gasteiger partial charge in [-0.2, -0.15) is 0 Å². The Hall–Kier alpha value is 0.110. The lowest BCUT2D eigenvalue weighted by Gasteiger charge is -2.09. The lowest BCUT2D eigenvalue weighted by molar-refractivity contribution is -0.123. The smallest absolute Gasteiger partial charge is 0.247 e. The third-order valence-electron chi connectivity index (χ3n) is 1.15. The Morgan fingerprint density at radius 3 is 3.00 bits per heavy atom. The number of alkyl halides is 1. The predicted molar refractivity (Wildman–Crippen MR) is 39.5 cm³/mol. The highest BCUT2D eigenvalue weighted by Gasteiger charge is 2.17. The van der Waals surface area contributed by atoms with Gasteiger partial charge in [-0.3, -0.25) is 9.10 Å². The van der Waals surface area contributed by atoms with Crippen LogP contribution in [0.1, 0.15) is 6.42 Å². The van der Waals surface area contributed by atoms with Gasteiger partial charge >= 0.3 is 0 Å². The summed E-state index contributed by atoms with van der Waals surface area (Å²) in [6.07, 6.45) is 1.10. The third-order valence-corrected chi connectivity index (χ3v) is 2.54. The molecule has 1 aliphatic heterocycles. The van der Waals surface area contributed by atoms with Gasteiger partial charge in [-0.1, -0.05) is 0 Å². The lowest BCUT2D eigenvalue weighted by atomic mass is 10.5. The van der Waals surface area contributed by atoms with E-state index in [1.54, 1.807) is 16.3 Å². The molecule has 0 radical (unpaired) electrons. The molecule has 0 saturated carbocycles. The molecule has 0 spiro atoms. The maximum Gasteiger partial charge on any atom is 0.247 e. The highest BCUT2D eigenvalue weighted by Crippen LogP contribution is 2.19. The van der Waals surface area contributed by atoms with E-state index < -0.39 is 0 Å².